The Kier molecular flexibility index (Phi) is 6.43. The first-order chi connectivity index (χ1) is 12.8. The van der Waals surface area contributed by atoms with Crippen molar-refractivity contribution in [2.75, 3.05) is 0 Å². The van der Waals surface area contributed by atoms with Crippen LogP contribution < -0.4 is 0 Å². The molecule has 0 aliphatic heterocycles. The lowest BCUT2D eigenvalue weighted by Crippen LogP contribution is -1.97. The van der Waals surface area contributed by atoms with Crippen LogP contribution in [0.4, 0.5) is 0 Å². The van der Waals surface area contributed by atoms with E-state index < -0.39 is 0 Å². The summed E-state index contributed by atoms with van der Waals surface area (Å²) in [4.78, 5) is 4.58. The van der Waals surface area contributed by atoms with Gasteiger partial charge in [-0.25, -0.2) is 0 Å². The fourth-order valence-electron chi connectivity index (χ4n) is 2.64. The lowest BCUT2D eigenvalue weighted by molar-refractivity contribution is 1.12. The van der Waals surface area contributed by atoms with Crippen LogP contribution in [0.25, 0.3) is 22.4 Å². The van der Waals surface area contributed by atoms with E-state index in [0.717, 1.165) is 0 Å². The Bertz CT molecular complexity index is 1040. The smallest absolute Gasteiger partial charge is 0.0815 e. The third-order valence-electron chi connectivity index (χ3n) is 3.73. The molecule has 2 aromatic carbocycles. The van der Waals surface area contributed by atoms with Crippen LogP contribution in [0.1, 0.15) is 5.69 Å². The number of hydrogen-bond donors (Lipinski definition) is 0. The summed E-state index contributed by atoms with van der Waals surface area (Å²) in [6.07, 6.45) is 0.123. The second-order valence-electron chi connectivity index (χ2n) is 5.52. The van der Waals surface area contributed by atoms with Gasteiger partial charge in [-0.3, -0.25) is 4.98 Å². The van der Waals surface area contributed by atoms with Crippen LogP contribution in [-0.4, -0.2) is 4.98 Å². The molecule has 0 aliphatic rings. The largest absolute Gasteiger partial charge is 0.251 e. The van der Waals surface area contributed by atoms with Crippen molar-refractivity contribution in [1.29, 1.82) is 5.26 Å². The molecule has 27 heavy (non-hydrogen) atoms. The summed E-state index contributed by atoms with van der Waals surface area (Å²) in [5.74, 6) is 0. The Morgan fingerprint density at radius 3 is 1.70 bits per heavy atom. The first-order valence-electron chi connectivity index (χ1n) is 7.48. The molecule has 1 heterocycles. The van der Waals surface area contributed by atoms with Gasteiger partial charge in [-0.2, -0.15) is 5.26 Å². The zero-order chi connectivity index (χ0) is 19.7. The first-order valence-corrected chi connectivity index (χ1v) is 9.75. The van der Waals surface area contributed by atoms with Crippen LogP contribution >= 0.6 is 69.6 Å². The molecule has 0 atom stereocenters. The van der Waals surface area contributed by atoms with Crippen LogP contribution in [-0.2, 0) is 6.42 Å². The van der Waals surface area contributed by atoms with Crippen molar-refractivity contribution < 1.29 is 0 Å². The third kappa shape index (κ3) is 4.30. The summed E-state index contributed by atoms with van der Waals surface area (Å²) in [7, 11) is 0. The maximum atomic E-state index is 9.02. The van der Waals surface area contributed by atoms with E-state index in [-0.39, 0.29) is 6.42 Å². The van der Waals surface area contributed by atoms with Gasteiger partial charge in [-0.05, 0) is 30.3 Å². The maximum absolute atomic E-state index is 9.02. The van der Waals surface area contributed by atoms with E-state index >= 15 is 0 Å². The van der Waals surface area contributed by atoms with Crippen LogP contribution in [0.2, 0.25) is 30.1 Å². The average molecular weight is 477 g/mol. The van der Waals surface area contributed by atoms with Crippen molar-refractivity contribution >= 4 is 69.6 Å². The van der Waals surface area contributed by atoms with E-state index in [1.807, 2.05) is 0 Å². The molecule has 0 fully saturated rings. The van der Waals surface area contributed by atoms with Crippen LogP contribution in [0.5, 0.6) is 0 Å². The molecular formula is C19H8Cl6N2. The molecule has 0 bridgehead atoms. The quantitative estimate of drug-likeness (QED) is 0.380. The molecule has 0 unspecified atom stereocenters. The van der Waals surface area contributed by atoms with E-state index in [4.69, 9.17) is 74.9 Å². The molecule has 1 aromatic heterocycles. The molecule has 3 aromatic rings. The highest BCUT2D eigenvalue weighted by molar-refractivity contribution is 6.43. The van der Waals surface area contributed by atoms with Gasteiger partial charge >= 0.3 is 0 Å². The number of nitriles is 1. The van der Waals surface area contributed by atoms with E-state index in [2.05, 4.69) is 11.1 Å². The number of hydrogen-bond acceptors (Lipinski definition) is 2. The predicted octanol–water partition coefficient (Wildman–Crippen LogP) is 8.40. The van der Waals surface area contributed by atoms with Gasteiger partial charge in [0.2, 0.25) is 0 Å². The number of rotatable bonds is 3. The molecule has 0 radical (unpaired) electrons. The second kappa shape index (κ2) is 8.45. The number of benzene rings is 2. The highest BCUT2D eigenvalue weighted by atomic mass is 35.5. The van der Waals surface area contributed by atoms with E-state index in [9.17, 15) is 0 Å². The summed E-state index contributed by atoms with van der Waals surface area (Å²) < 4.78 is 0. The normalized spacial score (nSPS) is 10.7. The number of aromatic nitrogens is 1. The Labute approximate surface area is 186 Å². The van der Waals surface area contributed by atoms with Gasteiger partial charge in [-0.1, -0.05) is 75.7 Å². The average Bonchev–Trinajstić information content (AvgIpc) is 2.55. The standard InChI is InChI=1S/C19H8Cl6N2/c20-9-5-13(22)17(14(23)6-9)12-2-1-11(3-4-26)27-19(12)18-15(24)7-10(21)8-16(18)25/h1-2,5-8H,3H2. The predicted molar refractivity (Wildman–Crippen MR) is 114 cm³/mol. The lowest BCUT2D eigenvalue weighted by atomic mass is 9.98. The molecule has 0 N–H and O–H groups in total. The minimum atomic E-state index is 0.123. The van der Waals surface area contributed by atoms with Gasteiger partial charge in [0.1, 0.15) is 0 Å². The van der Waals surface area contributed by atoms with Crippen molar-refractivity contribution in [2.45, 2.75) is 6.42 Å². The minimum absolute atomic E-state index is 0.123. The van der Waals surface area contributed by atoms with Gasteiger partial charge < -0.3 is 0 Å². The molecule has 8 heteroatoms. The van der Waals surface area contributed by atoms with Gasteiger partial charge in [0.25, 0.3) is 0 Å². The first kappa shape index (κ1) is 20.6. The zero-order valence-electron chi connectivity index (χ0n) is 13.3. The molecule has 0 amide bonds. The number of nitrogens with zero attached hydrogens (tertiary/aromatic N) is 2. The monoisotopic (exact) mass is 474 g/mol. The van der Waals surface area contributed by atoms with Crippen molar-refractivity contribution in [3.8, 4) is 28.5 Å². The summed E-state index contributed by atoms with van der Waals surface area (Å²) in [6.45, 7) is 0. The molecule has 3 rings (SSSR count). The Morgan fingerprint density at radius 2 is 1.22 bits per heavy atom. The fraction of sp³-hybridized carbons (Fsp3) is 0.0526. The lowest BCUT2D eigenvalue weighted by Gasteiger charge is -2.16. The zero-order valence-corrected chi connectivity index (χ0v) is 17.9. The van der Waals surface area contributed by atoms with Crippen LogP contribution in [0.15, 0.2) is 36.4 Å². The van der Waals surface area contributed by atoms with E-state index in [1.54, 1.807) is 36.4 Å². The molecular weight excluding hydrogens is 469 g/mol. The third-order valence-corrected chi connectivity index (χ3v) is 5.36. The van der Waals surface area contributed by atoms with Crippen LogP contribution in [0.3, 0.4) is 0 Å². The Hall–Kier alpha value is -1.18. The van der Waals surface area contributed by atoms with Crippen molar-refractivity contribution in [2.24, 2.45) is 0 Å². The van der Waals surface area contributed by atoms with Crippen molar-refractivity contribution in [1.82, 2.24) is 4.98 Å². The van der Waals surface area contributed by atoms with Gasteiger partial charge in [0, 0.05) is 26.7 Å². The fourth-order valence-corrected chi connectivity index (χ4v) is 4.66. The maximum Gasteiger partial charge on any atom is 0.0815 e. The summed E-state index contributed by atoms with van der Waals surface area (Å²) in [5, 5.41) is 11.2. The number of pyridine rings is 1. The summed E-state index contributed by atoms with van der Waals surface area (Å²) >= 11 is 37.7. The molecule has 0 aliphatic carbocycles. The van der Waals surface area contributed by atoms with Gasteiger partial charge in [0.15, 0.2) is 0 Å². The molecule has 0 spiro atoms. The van der Waals surface area contributed by atoms with Gasteiger partial charge in [0.05, 0.1) is 44.0 Å². The highest BCUT2D eigenvalue weighted by Crippen LogP contribution is 2.45. The minimum Gasteiger partial charge on any atom is -0.251 e. The molecule has 0 saturated heterocycles. The molecule has 2 nitrogen and oxygen atoms in total. The molecule has 0 saturated carbocycles. The number of halogens is 6. The van der Waals surface area contributed by atoms with Crippen molar-refractivity contribution in [3.63, 3.8) is 0 Å². The van der Waals surface area contributed by atoms with E-state index in [1.165, 1.54) is 0 Å². The molecule has 136 valence electrons. The summed E-state index contributed by atoms with van der Waals surface area (Å²) in [5.41, 5.74) is 2.62. The summed E-state index contributed by atoms with van der Waals surface area (Å²) in [6, 6.07) is 11.9. The van der Waals surface area contributed by atoms with Crippen LogP contribution in [0, 0.1) is 11.3 Å². The Balaban J connectivity index is 2.37. The highest BCUT2D eigenvalue weighted by Gasteiger charge is 2.21. The topological polar surface area (TPSA) is 36.7 Å². The van der Waals surface area contributed by atoms with E-state index in [0.29, 0.717) is 58.2 Å². The SMILES string of the molecule is N#CCc1ccc(-c2c(Cl)cc(Cl)cc2Cl)c(-c2c(Cl)cc(Cl)cc2Cl)n1. The van der Waals surface area contributed by atoms with Gasteiger partial charge in [-0.15, -0.1) is 0 Å². The second-order valence-corrected chi connectivity index (χ2v) is 8.02. The van der Waals surface area contributed by atoms with Crippen molar-refractivity contribution in [3.05, 3.63) is 72.2 Å². The Morgan fingerprint density at radius 1 is 0.741 bits per heavy atom.